The Morgan fingerprint density at radius 3 is 2.80 bits per heavy atom. The number of hydrogen-bond donors (Lipinski definition) is 2. The molecule has 1 aromatic carbocycles. The summed E-state index contributed by atoms with van der Waals surface area (Å²) in [6, 6.07) is 0.412. The highest BCUT2D eigenvalue weighted by Gasteiger charge is 2.52. The third-order valence-electron chi connectivity index (χ3n) is 6.59. The molecule has 5 rings (SSSR count). The molecule has 2 N–H and O–H groups in total. The number of nitrogens with one attached hydrogen (secondary N) is 1. The predicted octanol–water partition coefficient (Wildman–Crippen LogP) is 2.81. The van der Waals surface area contributed by atoms with E-state index in [0.717, 1.165) is 18.9 Å². The van der Waals surface area contributed by atoms with Gasteiger partial charge in [-0.15, -0.1) is 0 Å². The van der Waals surface area contributed by atoms with Crippen molar-refractivity contribution in [2.24, 2.45) is 5.41 Å². The fraction of sp³-hybridized carbons (Fsp3) is 0.500. The molecule has 0 amide bonds. The van der Waals surface area contributed by atoms with Crippen molar-refractivity contribution in [2.75, 3.05) is 31.2 Å². The van der Waals surface area contributed by atoms with Gasteiger partial charge in [0.25, 0.3) is 0 Å². The summed E-state index contributed by atoms with van der Waals surface area (Å²) in [5, 5.41) is 11.7. The highest BCUT2D eigenvalue weighted by atomic mass is 19.1. The second-order valence-electron chi connectivity index (χ2n) is 8.33. The van der Waals surface area contributed by atoms with Gasteiger partial charge in [0.15, 0.2) is 11.6 Å². The number of benzene rings is 1. The summed E-state index contributed by atoms with van der Waals surface area (Å²) in [4.78, 5) is 25.1. The molecular formula is C20H20F3N3O4. The van der Waals surface area contributed by atoms with Crippen LogP contribution in [0.15, 0.2) is 17.1 Å². The lowest BCUT2D eigenvalue weighted by atomic mass is 9.84. The van der Waals surface area contributed by atoms with Gasteiger partial charge in [0.05, 0.1) is 29.8 Å². The molecule has 0 bridgehead atoms. The van der Waals surface area contributed by atoms with Crippen molar-refractivity contribution in [2.45, 2.75) is 31.3 Å². The molecule has 2 aromatic rings. The lowest BCUT2D eigenvalue weighted by Crippen LogP contribution is -2.41. The minimum atomic E-state index is -1.68. The van der Waals surface area contributed by atoms with Crippen molar-refractivity contribution in [3.05, 3.63) is 34.1 Å². The zero-order valence-corrected chi connectivity index (χ0v) is 16.0. The molecule has 7 nitrogen and oxygen atoms in total. The van der Waals surface area contributed by atoms with Crippen LogP contribution in [0.1, 0.15) is 25.3 Å². The molecule has 2 atom stereocenters. The summed E-state index contributed by atoms with van der Waals surface area (Å²) < 4.78 is 50.7. The molecule has 10 heteroatoms. The number of ether oxygens (including phenoxy) is 1. The van der Waals surface area contributed by atoms with Gasteiger partial charge in [-0.1, -0.05) is 0 Å². The summed E-state index contributed by atoms with van der Waals surface area (Å²) >= 11 is 0. The van der Waals surface area contributed by atoms with E-state index in [4.69, 9.17) is 5.11 Å². The quantitative estimate of drug-likeness (QED) is 0.736. The van der Waals surface area contributed by atoms with Gasteiger partial charge in [0.2, 0.25) is 5.43 Å². The molecule has 1 saturated carbocycles. The van der Waals surface area contributed by atoms with E-state index < -0.39 is 41.1 Å². The number of alkyl halides is 1. The zero-order chi connectivity index (χ0) is 21.2. The summed E-state index contributed by atoms with van der Waals surface area (Å²) in [5.74, 6) is -2.32. The minimum Gasteiger partial charge on any atom is -0.449 e. The molecule has 2 unspecified atom stereocenters. The molecule has 30 heavy (non-hydrogen) atoms. The van der Waals surface area contributed by atoms with Crippen LogP contribution in [0.2, 0.25) is 0 Å². The monoisotopic (exact) mass is 423 g/mol. The van der Waals surface area contributed by atoms with Crippen LogP contribution in [-0.2, 0) is 0 Å². The van der Waals surface area contributed by atoms with Gasteiger partial charge in [0.1, 0.15) is 11.5 Å². The molecule has 1 aromatic heterocycles. The first-order chi connectivity index (χ1) is 14.4. The van der Waals surface area contributed by atoms with E-state index in [1.807, 2.05) is 0 Å². The number of hydrogen-bond acceptors (Lipinski definition) is 5. The summed E-state index contributed by atoms with van der Waals surface area (Å²) in [5.41, 5.74) is -1.92. The lowest BCUT2D eigenvalue weighted by molar-refractivity contribution is 0.143. The topological polar surface area (TPSA) is 83.8 Å². The number of aromatic nitrogens is 1. The molecule has 2 saturated heterocycles. The maximum absolute atomic E-state index is 15.8. The minimum absolute atomic E-state index is 0.0830. The number of carboxylic acid groups (broad SMARTS) is 1. The Bertz CT molecular complexity index is 1120. The largest absolute Gasteiger partial charge is 0.511 e. The second kappa shape index (κ2) is 6.63. The van der Waals surface area contributed by atoms with Gasteiger partial charge in [0, 0.05) is 31.1 Å². The van der Waals surface area contributed by atoms with Crippen LogP contribution in [0.25, 0.3) is 10.9 Å². The standard InChI is InChI=1S/C20H20F3N3O4/c21-8-20-3-4-25(14(20)6-24-9-20)17-12(22)5-11-16(15(17)23)26(10-1-2-10)7-13(18(11)27)30-19(28)29/h5,7,10,14,24H,1-4,6,8-9H2,(H,28,29). The third-order valence-corrected chi connectivity index (χ3v) is 6.59. The number of carbonyl (C=O) groups is 1. The fourth-order valence-corrected chi connectivity index (χ4v) is 4.93. The van der Waals surface area contributed by atoms with E-state index >= 15 is 8.78 Å². The molecule has 160 valence electrons. The van der Waals surface area contributed by atoms with Crippen LogP contribution in [-0.4, -0.2) is 48.2 Å². The number of fused-ring (bicyclic) bond motifs is 2. The van der Waals surface area contributed by atoms with E-state index in [2.05, 4.69) is 10.1 Å². The number of rotatable bonds is 4. The first kappa shape index (κ1) is 19.2. The lowest BCUT2D eigenvalue weighted by Gasteiger charge is -2.31. The van der Waals surface area contributed by atoms with E-state index in [9.17, 15) is 14.0 Å². The fourth-order valence-electron chi connectivity index (χ4n) is 4.93. The Balaban J connectivity index is 1.71. The average molecular weight is 423 g/mol. The van der Waals surface area contributed by atoms with Crippen LogP contribution < -0.4 is 20.4 Å². The van der Waals surface area contributed by atoms with Crippen molar-refractivity contribution in [3.63, 3.8) is 0 Å². The van der Waals surface area contributed by atoms with Crippen molar-refractivity contribution in [1.82, 2.24) is 9.88 Å². The average Bonchev–Trinajstić information content (AvgIpc) is 3.36. The molecule has 3 heterocycles. The molecule has 3 aliphatic rings. The molecule has 3 fully saturated rings. The molecule has 0 radical (unpaired) electrons. The van der Waals surface area contributed by atoms with E-state index in [1.54, 1.807) is 4.90 Å². The Labute approximate surface area is 169 Å². The third kappa shape index (κ3) is 2.69. The Kier molecular flexibility index (Phi) is 4.25. The molecular weight excluding hydrogens is 403 g/mol. The zero-order valence-electron chi connectivity index (χ0n) is 16.0. The van der Waals surface area contributed by atoms with Crippen molar-refractivity contribution in [3.8, 4) is 5.75 Å². The van der Waals surface area contributed by atoms with Crippen LogP contribution in [0.5, 0.6) is 5.75 Å². The maximum Gasteiger partial charge on any atom is 0.511 e. The predicted molar refractivity (Wildman–Crippen MR) is 102 cm³/mol. The van der Waals surface area contributed by atoms with Gasteiger partial charge < -0.3 is 24.6 Å². The first-order valence-electron chi connectivity index (χ1n) is 9.87. The molecule has 0 spiro atoms. The van der Waals surface area contributed by atoms with Crippen LogP contribution in [0.3, 0.4) is 0 Å². The summed E-state index contributed by atoms with van der Waals surface area (Å²) in [6.07, 6.45) is 1.41. The maximum atomic E-state index is 15.8. The Morgan fingerprint density at radius 1 is 1.37 bits per heavy atom. The van der Waals surface area contributed by atoms with E-state index in [1.165, 1.54) is 10.8 Å². The van der Waals surface area contributed by atoms with Crippen LogP contribution >= 0.6 is 0 Å². The first-order valence-corrected chi connectivity index (χ1v) is 9.87. The normalized spacial score (nSPS) is 25.7. The second-order valence-corrected chi connectivity index (χ2v) is 8.33. The highest BCUT2D eigenvalue weighted by molar-refractivity contribution is 5.86. The van der Waals surface area contributed by atoms with Crippen LogP contribution in [0, 0.1) is 17.0 Å². The number of halogens is 3. The smallest absolute Gasteiger partial charge is 0.449 e. The van der Waals surface area contributed by atoms with Crippen LogP contribution in [0.4, 0.5) is 23.7 Å². The van der Waals surface area contributed by atoms with Crippen molar-refractivity contribution in [1.29, 1.82) is 0 Å². The van der Waals surface area contributed by atoms with Gasteiger partial charge in [-0.05, 0) is 25.3 Å². The molecule has 2 aliphatic heterocycles. The van der Waals surface area contributed by atoms with Crippen molar-refractivity contribution < 1.29 is 27.8 Å². The van der Waals surface area contributed by atoms with E-state index in [0.29, 0.717) is 26.1 Å². The highest BCUT2D eigenvalue weighted by Crippen LogP contribution is 2.46. The number of anilines is 1. The Morgan fingerprint density at radius 2 is 2.13 bits per heavy atom. The number of pyridine rings is 1. The SMILES string of the molecule is O=C(O)Oc1cn(C2CC2)c2c(F)c(N3CCC4(CF)CNCC34)c(F)cc2c1=O. The van der Waals surface area contributed by atoms with Gasteiger partial charge in [-0.25, -0.2) is 13.6 Å². The van der Waals surface area contributed by atoms with Crippen molar-refractivity contribution >= 4 is 22.7 Å². The molecule has 1 aliphatic carbocycles. The van der Waals surface area contributed by atoms with Gasteiger partial charge in [-0.3, -0.25) is 9.18 Å². The Hall–Kier alpha value is -2.75. The van der Waals surface area contributed by atoms with E-state index in [-0.39, 0.29) is 28.7 Å². The van der Waals surface area contributed by atoms with Gasteiger partial charge in [-0.2, -0.15) is 0 Å². The summed E-state index contributed by atoms with van der Waals surface area (Å²) in [7, 11) is 0. The number of nitrogens with zero attached hydrogens (tertiary/aromatic N) is 2. The van der Waals surface area contributed by atoms with Gasteiger partial charge >= 0.3 is 6.16 Å². The summed E-state index contributed by atoms with van der Waals surface area (Å²) in [6.45, 7) is 0.593.